The Hall–Kier alpha value is -2.76. The maximum Gasteiger partial charge on any atom is 0.254 e. The second kappa shape index (κ2) is 8.94. The molecular formula is C24H21ClF2N2O. The van der Waals surface area contributed by atoms with Crippen molar-refractivity contribution in [2.24, 2.45) is 0 Å². The van der Waals surface area contributed by atoms with Gasteiger partial charge in [-0.3, -0.25) is 9.69 Å². The lowest BCUT2D eigenvalue weighted by Crippen LogP contribution is -2.49. The quantitative estimate of drug-likeness (QED) is 0.575. The molecule has 154 valence electrons. The number of amides is 1. The summed E-state index contributed by atoms with van der Waals surface area (Å²) in [6.45, 7) is 2.35. The molecular weight excluding hydrogens is 406 g/mol. The van der Waals surface area contributed by atoms with Gasteiger partial charge in [-0.15, -0.1) is 0 Å². The molecule has 1 saturated heterocycles. The highest BCUT2D eigenvalue weighted by Crippen LogP contribution is 2.30. The SMILES string of the molecule is O=C(c1ccc(F)c(F)c1)N1CCN(C(c2ccccc2)c2ccc(Cl)cc2)CC1. The second-order valence-corrected chi connectivity index (χ2v) is 7.76. The molecule has 3 nitrogen and oxygen atoms in total. The highest BCUT2D eigenvalue weighted by molar-refractivity contribution is 6.30. The molecule has 4 rings (SSSR count). The van der Waals surface area contributed by atoms with Gasteiger partial charge in [0.05, 0.1) is 6.04 Å². The van der Waals surface area contributed by atoms with Gasteiger partial charge in [0.1, 0.15) is 0 Å². The van der Waals surface area contributed by atoms with E-state index >= 15 is 0 Å². The van der Waals surface area contributed by atoms with Gasteiger partial charge >= 0.3 is 0 Å². The van der Waals surface area contributed by atoms with Gasteiger partial charge in [-0.25, -0.2) is 8.78 Å². The van der Waals surface area contributed by atoms with Crippen molar-refractivity contribution in [1.29, 1.82) is 0 Å². The maximum absolute atomic E-state index is 13.5. The number of halogens is 3. The third kappa shape index (κ3) is 4.37. The van der Waals surface area contributed by atoms with E-state index in [0.29, 0.717) is 31.2 Å². The minimum absolute atomic E-state index is 0.0454. The van der Waals surface area contributed by atoms with Crippen LogP contribution in [0.15, 0.2) is 72.8 Å². The molecule has 1 heterocycles. The van der Waals surface area contributed by atoms with Crippen molar-refractivity contribution >= 4 is 17.5 Å². The second-order valence-electron chi connectivity index (χ2n) is 7.32. The van der Waals surface area contributed by atoms with Gasteiger partial charge in [-0.05, 0) is 41.5 Å². The van der Waals surface area contributed by atoms with E-state index in [1.54, 1.807) is 4.90 Å². The van der Waals surface area contributed by atoms with Crippen LogP contribution in [0.3, 0.4) is 0 Å². The first-order valence-electron chi connectivity index (χ1n) is 9.82. The molecule has 1 unspecified atom stereocenters. The Morgan fingerprint density at radius 3 is 2.07 bits per heavy atom. The maximum atomic E-state index is 13.5. The fourth-order valence-electron chi connectivity index (χ4n) is 3.89. The zero-order valence-electron chi connectivity index (χ0n) is 16.3. The van der Waals surface area contributed by atoms with Crippen molar-refractivity contribution in [2.45, 2.75) is 6.04 Å². The number of hydrogen-bond donors (Lipinski definition) is 0. The molecule has 1 fully saturated rings. The molecule has 1 amide bonds. The molecule has 0 spiro atoms. The van der Waals surface area contributed by atoms with Gasteiger partial charge in [0.15, 0.2) is 11.6 Å². The monoisotopic (exact) mass is 426 g/mol. The summed E-state index contributed by atoms with van der Waals surface area (Å²) >= 11 is 6.07. The fourth-order valence-corrected chi connectivity index (χ4v) is 4.02. The zero-order valence-corrected chi connectivity index (χ0v) is 17.0. The van der Waals surface area contributed by atoms with Gasteiger partial charge in [-0.2, -0.15) is 0 Å². The van der Waals surface area contributed by atoms with E-state index in [2.05, 4.69) is 17.0 Å². The van der Waals surface area contributed by atoms with Crippen LogP contribution in [-0.4, -0.2) is 41.9 Å². The number of rotatable bonds is 4. The summed E-state index contributed by atoms with van der Waals surface area (Å²) in [6, 6.07) is 21.4. The average Bonchev–Trinajstić information content (AvgIpc) is 2.78. The van der Waals surface area contributed by atoms with E-state index in [1.807, 2.05) is 42.5 Å². The number of piperazine rings is 1. The van der Waals surface area contributed by atoms with Gasteiger partial charge in [-0.1, -0.05) is 54.1 Å². The van der Waals surface area contributed by atoms with Crippen LogP contribution in [0.1, 0.15) is 27.5 Å². The van der Waals surface area contributed by atoms with Crippen LogP contribution in [0.2, 0.25) is 5.02 Å². The summed E-state index contributed by atoms with van der Waals surface area (Å²) in [6.07, 6.45) is 0. The van der Waals surface area contributed by atoms with E-state index in [0.717, 1.165) is 17.7 Å². The van der Waals surface area contributed by atoms with Crippen LogP contribution in [0, 0.1) is 11.6 Å². The van der Waals surface area contributed by atoms with Crippen molar-refractivity contribution in [3.63, 3.8) is 0 Å². The van der Waals surface area contributed by atoms with Gasteiger partial charge in [0.2, 0.25) is 0 Å². The molecule has 0 bridgehead atoms. The Kier molecular flexibility index (Phi) is 6.11. The molecule has 6 heteroatoms. The molecule has 0 aliphatic carbocycles. The van der Waals surface area contributed by atoms with Crippen molar-refractivity contribution < 1.29 is 13.6 Å². The Balaban J connectivity index is 1.52. The number of carbonyl (C=O) groups is 1. The van der Waals surface area contributed by atoms with E-state index in [-0.39, 0.29) is 17.5 Å². The summed E-state index contributed by atoms with van der Waals surface area (Å²) in [5.74, 6) is -2.24. The average molecular weight is 427 g/mol. The lowest BCUT2D eigenvalue weighted by molar-refractivity contribution is 0.0597. The third-order valence-electron chi connectivity index (χ3n) is 5.43. The third-order valence-corrected chi connectivity index (χ3v) is 5.69. The molecule has 30 heavy (non-hydrogen) atoms. The minimum Gasteiger partial charge on any atom is -0.336 e. The molecule has 1 aliphatic heterocycles. The highest BCUT2D eigenvalue weighted by atomic mass is 35.5. The van der Waals surface area contributed by atoms with Crippen LogP contribution in [-0.2, 0) is 0 Å². The highest BCUT2D eigenvalue weighted by Gasteiger charge is 2.28. The Morgan fingerprint density at radius 1 is 0.800 bits per heavy atom. The van der Waals surface area contributed by atoms with Gasteiger partial charge < -0.3 is 4.90 Å². The van der Waals surface area contributed by atoms with Crippen molar-refractivity contribution in [3.8, 4) is 0 Å². The predicted molar refractivity (Wildman–Crippen MR) is 114 cm³/mol. The zero-order chi connectivity index (χ0) is 21.1. The largest absolute Gasteiger partial charge is 0.336 e. The Morgan fingerprint density at radius 2 is 1.43 bits per heavy atom. The first-order valence-corrected chi connectivity index (χ1v) is 10.2. The summed E-state index contributed by atoms with van der Waals surface area (Å²) in [5.41, 5.74) is 2.46. The normalized spacial score (nSPS) is 15.8. The first-order chi connectivity index (χ1) is 14.5. The lowest BCUT2D eigenvalue weighted by atomic mass is 9.96. The van der Waals surface area contributed by atoms with E-state index < -0.39 is 11.6 Å². The molecule has 1 atom stereocenters. The molecule has 0 N–H and O–H groups in total. The smallest absolute Gasteiger partial charge is 0.254 e. The van der Waals surface area contributed by atoms with Crippen molar-refractivity contribution in [3.05, 3.63) is 106 Å². The number of carbonyl (C=O) groups excluding carboxylic acids is 1. The van der Waals surface area contributed by atoms with Crippen LogP contribution >= 0.6 is 11.6 Å². The van der Waals surface area contributed by atoms with E-state index in [9.17, 15) is 13.6 Å². The first kappa shape index (κ1) is 20.5. The van der Waals surface area contributed by atoms with Crippen LogP contribution in [0.5, 0.6) is 0 Å². The molecule has 1 aliphatic rings. The number of nitrogens with zero attached hydrogens (tertiary/aromatic N) is 2. The number of benzene rings is 3. The summed E-state index contributed by atoms with van der Waals surface area (Å²) < 4.78 is 26.7. The minimum atomic E-state index is -1.01. The predicted octanol–water partition coefficient (Wildman–Crippen LogP) is 5.17. The molecule has 3 aromatic carbocycles. The molecule has 3 aromatic rings. The number of hydrogen-bond acceptors (Lipinski definition) is 2. The van der Waals surface area contributed by atoms with Crippen LogP contribution in [0.25, 0.3) is 0 Å². The van der Waals surface area contributed by atoms with Crippen LogP contribution < -0.4 is 0 Å². The Bertz CT molecular complexity index is 1020. The van der Waals surface area contributed by atoms with Crippen molar-refractivity contribution in [2.75, 3.05) is 26.2 Å². The fraction of sp³-hybridized carbons (Fsp3) is 0.208. The standard InChI is InChI=1S/C24H21ClF2N2O/c25-20-9-6-18(7-10-20)23(17-4-2-1-3-5-17)28-12-14-29(15-13-28)24(30)19-8-11-21(26)22(27)16-19/h1-11,16,23H,12-15H2. The Labute approximate surface area is 179 Å². The summed E-state index contributed by atoms with van der Waals surface area (Å²) in [5, 5.41) is 0.688. The summed E-state index contributed by atoms with van der Waals surface area (Å²) in [4.78, 5) is 16.7. The van der Waals surface area contributed by atoms with E-state index in [4.69, 9.17) is 11.6 Å². The van der Waals surface area contributed by atoms with Gasteiger partial charge in [0.25, 0.3) is 5.91 Å². The molecule has 0 saturated carbocycles. The van der Waals surface area contributed by atoms with E-state index in [1.165, 1.54) is 11.6 Å². The lowest BCUT2D eigenvalue weighted by Gasteiger charge is -2.39. The molecule has 0 radical (unpaired) electrons. The van der Waals surface area contributed by atoms with Crippen LogP contribution in [0.4, 0.5) is 8.78 Å². The molecule has 0 aromatic heterocycles. The summed E-state index contributed by atoms with van der Waals surface area (Å²) in [7, 11) is 0. The van der Waals surface area contributed by atoms with Crippen molar-refractivity contribution in [1.82, 2.24) is 9.80 Å². The topological polar surface area (TPSA) is 23.6 Å². The van der Waals surface area contributed by atoms with Gasteiger partial charge in [0, 0.05) is 36.8 Å².